The number of aromatic nitrogens is 2. The van der Waals surface area contributed by atoms with E-state index in [1.54, 1.807) is 6.92 Å². The highest BCUT2D eigenvalue weighted by Crippen LogP contribution is 2.20. The molecule has 0 aliphatic carbocycles. The molecule has 0 unspecified atom stereocenters. The third-order valence-corrected chi connectivity index (χ3v) is 3.78. The van der Waals surface area contributed by atoms with Gasteiger partial charge in [-0.15, -0.1) is 0 Å². The maximum absolute atomic E-state index is 11.3. The quantitative estimate of drug-likeness (QED) is 0.861. The first-order valence-corrected chi connectivity index (χ1v) is 6.71. The summed E-state index contributed by atoms with van der Waals surface area (Å²) in [6.45, 7) is 8.07. The van der Waals surface area contributed by atoms with Crippen LogP contribution in [0, 0.1) is 6.92 Å². The Balaban J connectivity index is 2.01. The van der Waals surface area contributed by atoms with E-state index < -0.39 is 0 Å². The summed E-state index contributed by atoms with van der Waals surface area (Å²) in [5.74, 6) is 1.25. The Morgan fingerprint density at radius 2 is 1.95 bits per heavy atom. The van der Waals surface area contributed by atoms with Crippen molar-refractivity contribution < 1.29 is 4.79 Å². The van der Waals surface area contributed by atoms with E-state index in [1.165, 1.54) is 5.56 Å². The number of hydrogen-bond donors (Lipinski definition) is 1. The van der Waals surface area contributed by atoms with Crippen LogP contribution in [0.4, 0.5) is 5.82 Å². The van der Waals surface area contributed by atoms with Gasteiger partial charge in [0.05, 0.1) is 5.69 Å². The minimum absolute atomic E-state index is 0.174. The van der Waals surface area contributed by atoms with E-state index >= 15 is 0 Å². The maximum atomic E-state index is 11.3. The van der Waals surface area contributed by atoms with Crippen molar-refractivity contribution in [2.24, 2.45) is 7.05 Å². The Kier molecular flexibility index (Phi) is 4.09. The normalized spacial score (nSPS) is 16.7. The predicted molar refractivity (Wildman–Crippen MR) is 75.0 cm³/mol. The molecule has 1 aromatic rings. The van der Waals surface area contributed by atoms with E-state index in [0.29, 0.717) is 0 Å². The topological polar surface area (TPSA) is 53.4 Å². The van der Waals surface area contributed by atoms with Crippen LogP contribution in [-0.2, 0) is 18.4 Å². The minimum atomic E-state index is 0.174. The summed E-state index contributed by atoms with van der Waals surface area (Å²) < 4.78 is 1.89. The Morgan fingerprint density at radius 3 is 2.47 bits per heavy atom. The second-order valence-electron chi connectivity index (χ2n) is 5.07. The molecule has 0 bridgehead atoms. The van der Waals surface area contributed by atoms with Gasteiger partial charge in [-0.1, -0.05) is 0 Å². The van der Waals surface area contributed by atoms with Gasteiger partial charge in [0.1, 0.15) is 5.82 Å². The van der Waals surface area contributed by atoms with E-state index in [2.05, 4.69) is 15.3 Å². The molecule has 6 nitrogen and oxygen atoms in total. The summed E-state index contributed by atoms with van der Waals surface area (Å²) in [5, 5.41) is 7.66. The molecule has 1 aliphatic heterocycles. The number of amides is 1. The largest absolute Gasteiger partial charge is 0.373 e. The molecule has 106 valence electrons. The maximum Gasteiger partial charge on any atom is 0.219 e. The van der Waals surface area contributed by atoms with Crippen molar-refractivity contribution in [2.75, 3.05) is 38.5 Å². The van der Waals surface area contributed by atoms with Crippen LogP contribution >= 0.6 is 0 Å². The predicted octanol–water partition coefficient (Wildman–Crippen LogP) is 0.434. The Hall–Kier alpha value is -1.56. The lowest BCUT2D eigenvalue weighted by molar-refractivity contribution is -0.130. The summed E-state index contributed by atoms with van der Waals surface area (Å²) >= 11 is 0. The fraction of sp³-hybridized carbons (Fsp3) is 0.692. The van der Waals surface area contributed by atoms with E-state index in [0.717, 1.165) is 44.2 Å². The van der Waals surface area contributed by atoms with Crippen LogP contribution in [0.2, 0.25) is 0 Å². The molecule has 1 amide bonds. The zero-order valence-corrected chi connectivity index (χ0v) is 12.2. The molecule has 6 heteroatoms. The Bertz CT molecular complexity index is 460. The van der Waals surface area contributed by atoms with Crippen LogP contribution in [0.25, 0.3) is 0 Å². The van der Waals surface area contributed by atoms with Crippen molar-refractivity contribution in [3.05, 3.63) is 11.3 Å². The van der Waals surface area contributed by atoms with Gasteiger partial charge in [-0.25, -0.2) is 0 Å². The number of nitrogens with one attached hydrogen (secondary N) is 1. The van der Waals surface area contributed by atoms with Gasteiger partial charge < -0.3 is 10.2 Å². The average Bonchev–Trinajstić information content (AvgIpc) is 2.64. The third kappa shape index (κ3) is 2.89. The Labute approximate surface area is 114 Å². The van der Waals surface area contributed by atoms with Gasteiger partial charge in [0.15, 0.2) is 0 Å². The van der Waals surface area contributed by atoms with Crippen LogP contribution in [-0.4, -0.2) is 58.7 Å². The summed E-state index contributed by atoms with van der Waals surface area (Å²) in [6, 6.07) is 0. The van der Waals surface area contributed by atoms with Crippen molar-refractivity contribution in [2.45, 2.75) is 20.4 Å². The molecule has 1 saturated heterocycles. The molecule has 1 fully saturated rings. The summed E-state index contributed by atoms with van der Waals surface area (Å²) in [5.41, 5.74) is 2.32. The second kappa shape index (κ2) is 5.61. The first kappa shape index (κ1) is 13.9. The van der Waals surface area contributed by atoms with Crippen LogP contribution in [0.1, 0.15) is 18.2 Å². The van der Waals surface area contributed by atoms with Crippen LogP contribution in [0.3, 0.4) is 0 Å². The second-order valence-corrected chi connectivity index (χ2v) is 5.07. The highest BCUT2D eigenvalue weighted by atomic mass is 16.2. The monoisotopic (exact) mass is 265 g/mol. The van der Waals surface area contributed by atoms with E-state index in [1.807, 2.05) is 30.6 Å². The average molecular weight is 265 g/mol. The van der Waals surface area contributed by atoms with Crippen LogP contribution < -0.4 is 5.32 Å². The first-order valence-electron chi connectivity index (χ1n) is 6.71. The first-order chi connectivity index (χ1) is 9.02. The lowest BCUT2D eigenvalue weighted by Gasteiger charge is -2.34. The number of carbonyl (C=O) groups is 1. The smallest absolute Gasteiger partial charge is 0.219 e. The standard InChI is InChI=1S/C13H23N5O/c1-10-12(13(14-3)16(4)15-10)9-17-5-7-18(8-6-17)11(2)19/h14H,5-9H2,1-4H3. The number of anilines is 1. The van der Waals surface area contributed by atoms with Gasteiger partial charge in [-0.05, 0) is 6.92 Å². The number of nitrogens with zero attached hydrogens (tertiary/aromatic N) is 4. The molecule has 0 aromatic carbocycles. The molecular weight excluding hydrogens is 242 g/mol. The van der Waals surface area contributed by atoms with Gasteiger partial charge in [0, 0.05) is 59.3 Å². The van der Waals surface area contributed by atoms with Crippen LogP contribution in [0.5, 0.6) is 0 Å². The van der Waals surface area contributed by atoms with Gasteiger partial charge >= 0.3 is 0 Å². The number of rotatable bonds is 3. The molecule has 2 heterocycles. The van der Waals surface area contributed by atoms with Crippen molar-refractivity contribution in [3.8, 4) is 0 Å². The highest BCUT2D eigenvalue weighted by molar-refractivity contribution is 5.73. The molecule has 1 aliphatic rings. The van der Waals surface area contributed by atoms with Crippen LogP contribution in [0.15, 0.2) is 0 Å². The van der Waals surface area contributed by atoms with E-state index in [4.69, 9.17) is 0 Å². The molecule has 0 spiro atoms. The van der Waals surface area contributed by atoms with Crippen molar-refractivity contribution >= 4 is 11.7 Å². The number of aryl methyl sites for hydroxylation is 2. The zero-order chi connectivity index (χ0) is 14.0. The lowest BCUT2D eigenvalue weighted by Crippen LogP contribution is -2.47. The molecular formula is C13H23N5O. The number of carbonyl (C=O) groups excluding carboxylic acids is 1. The fourth-order valence-electron chi connectivity index (χ4n) is 2.65. The SMILES string of the molecule is CNc1c(CN2CCN(C(C)=O)CC2)c(C)nn1C. The highest BCUT2D eigenvalue weighted by Gasteiger charge is 2.21. The molecule has 2 rings (SSSR count). The molecule has 0 saturated carbocycles. The summed E-state index contributed by atoms with van der Waals surface area (Å²) in [4.78, 5) is 15.6. The van der Waals surface area contributed by atoms with E-state index in [9.17, 15) is 4.79 Å². The molecule has 19 heavy (non-hydrogen) atoms. The van der Waals surface area contributed by atoms with E-state index in [-0.39, 0.29) is 5.91 Å². The molecule has 1 N–H and O–H groups in total. The van der Waals surface area contributed by atoms with Crippen molar-refractivity contribution in [1.29, 1.82) is 0 Å². The van der Waals surface area contributed by atoms with Gasteiger partial charge in [-0.2, -0.15) is 5.10 Å². The van der Waals surface area contributed by atoms with Gasteiger partial charge in [-0.3, -0.25) is 14.4 Å². The number of hydrogen-bond acceptors (Lipinski definition) is 4. The van der Waals surface area contributed by atoms with Crippen molar-refractivity contribution in [3.63, 3.8) is 0 Å². The fourth-order valence-corrected chi connectivity index (χ4v) is 2.65. The van der Waals surface area contributed by atoms with Gasteiger partial charge in [0.2, 0.25) is 5.91 Å². The van der Waals surface area contributed by atoms with Crippen molar-refractivity contribution in [1.82, 2.24) is 19.6 Å². The molecule has 0 atom stereocenters. The summed E-state index contributed by atoms with van der Waals surface area (Å²) in [7, 11) is 3.88. The molecule has 1 aromatic heterocycles. The summed E-state index contributed by atoms with van der Waals surface area (Å²) in [6.07, 6.45) is 0. The zero-order valence-electron chi connectivity index (χ0n) is 12.2. The lowest BCUT2D eigenvalue weighted by atomic mass is 10.2. The Morgan fingerprint density at radius 1 is 1.32 bits per heavy atom. The van der Waals surface area contributed by atoms with Gasteiger partial charge in [0.25, 0.3) is 0 Å². The molecule has 0 radical (unpaired) electrons. The third-order valence-electron chi connectivity index (χ3n) is 3.78. The minimum Gasteiger partial charge on any atom is -0.373 e. The number of piperazine rings is 1.